The number of rotatable bonds is 46. The highest BCUT2D eigenvalue weighted by Crippen LogP contribution is 2.17. The van der Waals surface area contributed by atoms with E-state index in [1.807, 2.05) is 0 Å². The van der Waals surface area contributed by atoms with Crippen LogP contribution < -0.4 is 5.32 Å². The number of carbonyl (C=O) groups is 2. The highest BCUT2D eigenvalue weighted by atomic mass is 16.5. The first kappa shape index (κ1) is 57.8. The normalized spacial score (nSPS) is 13.6. The van der Waals surface area contributed by atoms with Crippen molar-refractivity contribution >= 4 is 11.9 Å². The van der Waals surface area contributed by atoms with E-state index in [0.29, 0.717) is 19.3 Å². The van der Waals surface area contributed by atoms with E-state index in [4.69, 9.17) is 4.74 Å². The average molecular weight is 842 g/mol. The summed E-state index contributed by atoms with van der Waals surface area (Å²) in [5, 5.41) is 23.7. The first-order valence-corrected chi connectivity index (χ1v) is 25.9. The molecule has 0 aromatic rings. The van der Waals surface area contributed by atoms with Gasteiger partial charge in [-0.05, 0) is 83.5 Å². The molecule has 0 bridgehead atoms. The second-order valence-electron chi connectivity index (χ2n) is 17.5. The maximum Gasteiger partial charge on any atom is 0.306 e. The van der Waals surface area contributed by atoms with Crippen molar-refractivity contribution in [3.05, 3.63) is 48.6 Å². The van der Waals surface area contributed by atoms with Crippen LogP contribution in [0.2, 0.25) is 0 Å². The van der Waals surface area contributed by atoms with Gasteiger partial charge in [0.15, 0.2) is 0 Å². The van der Waals surface area contributed by atoms with Crippen LogP contribution in [-0.2, 0) is 14.3 Å². The smallest absolute Gasteiger partial charge is 0.306 e. The number of hydrogen-bond donors (Lipinski definition) is 3. The number of carbonyl (C=O) groups excluding carboxylic acids is 2. The zero-order chi connectivity index (χ0) is 43.8. The number of allylic oxidation sites excluding steroid dienone is 8. The van der Waals surface area contributed by atoms with Crippen LogP contribution in [0, 0.1) is 0 Å². The lowest BCUT2D eigenvalue weighted by atomic mass is 10.0. The molecule has 0 spiro atoms. The molecule has 6 nitrogen and oxygen atoms in total. The molecule has 0 aliphatic carbocycles. The van der Waals surface area contributed by atoms with Gasteiger partial charge in [0.2, 0.25) is 5.91 Å². The molecular formula is C54H99NO5. The van der Waals surface area contributed by atoms with Crippen LogP contribution in [-0.4, -0.2) is 46.9 Å². The number of aliphatic hydroxyl groups excluding tert-OH is 2. The van der Waals surface area contributed by atoms with Crippen molar-refractivity contribution < 1.29 is 24.5 Å². The molecule has 0 heterocycles. The molecule has 0 radical (unpaired) electrons. The Balaban J connectivity index is 4.64. The van der Waals surface area contributed by atoms with Crippen molar-refractivity contribution in [2.75, 3.05) is 6.61 Å². The molecule has 6 heteroatoms. The van der Waals surface area contributed by atoms with Crippen molar-refractivity contribution in [3.63, 3.8) is 0 Å². The standard InChI is InChI=1S/C54H99NO5/c1-4-7-10-13-16-19-22-24-26-27-28-31-33-36-39-42-45-50(60-54(59)47-44-41-38-35-32-29-25-23-20-17-14-11-8-5-2)48-53(58)55-51(49-56)52(57)46-43-40-37-34-30-21-18-15-12-9-6-3/h8,11,17,20,25,28-29,31,50-52,56-57H,4-7,9-10,12-16,18-19,21-24,26-27,30,32-49H2,1-3H3,(H,55,58)/b11-8+,20-17+,29-25+,31-28+. The van der Waals surface area contributed by atoms with Crippen molar-refractivity contribution in [1.29, 1.82) is 0 Å². The lowest BCUT2D eigenvalue weighted by molar-refractivity contribution is -0.151. The van der Waals surface area contributed by atoms with Crippen LogP contribution in [0.3, 0.4) is 0 Å². The summed E-state index contributed by atoms with van der Waals surface area (Å²) < 4.78 is 5.92. The summed E-state index contributed by atoms with van der Waals surface area (Å²) in [5.74, 6) is -0.510. The number of ether oxygens (including phenoxy) is 1. The van der Waals surface area contributed by atoms with Gasteiger partial charge in [0, 0.05) is 6.42 Å². The van der Waals surface area contributed by atoms with Gasteiger partial charge >= 0.3 is 5.97 Å². The molecule has 0 fully saturated rings. The Morgan fingerprint density at radius 1 is 0.500 bits per heavy atom. The van der Waals surface area contributed by atoms with E-state index < -0.39 is 18.2 Å². The first-order valence-electron chi connectivity index (χ1n) is 25.9. The van der Waals surface area contributed by atoms with Gasteiger partial charge in [-0.2, -0.15) is 0 Å². The topological polar surface area (TPSA) is 95.9 Å². The predicted octanol–water partition coefficient (Wildman–Crippen LogP) is 15.5. The molecule has 350 valence electrons. The van der Waals surface area contributed by atoms with Crippen LogP contribution in [0.4, 0.5) is 0 Å². The maximum absolute atomic E-state index is 13.2. The minimum absolute atomic E-state index is 0.0585. The summed E-state index contributed by atoms with van der Waals surface area (Å²) in [5.41, 5.74) is 0. The van der Waals surface area contributed by atoms with E-state index in [0.717, 1.165) is 103 Å². The Morgan fingerprint density at radius 3 is 1.40 bits per heavy atom. The Morgan fingerprint density at radius 2 is 0.900 bits per heavy atom. The Bertz CT molecular complexity index is 1040. The van der Waals surface area contributed by atoms with Crippen LogP contribution in [0.5, 0.6) is 0 Å². The predicted molar refractivity (Wildman–Crippen MR) is 259 cm³/mol. The molecule has 0 saturated carbocycles. The third-order valence-electron chi connectivity index (χ3n) is 11.6. The van der Waals surface area contributed by atoms with Crippen molar-refractivity contribution in [3.8, 4) is 0 Å². The van der Waals surface area contributed by atoms with Gasteiger partial charge in [-0.25, -0.2) is 0 Å². The third-order valence-corrected chi connectivity index (χ3v) is 11.6. The van der Waals surface area contributed by atoms with E-state index in [2.05, 4.69) is 74.7 Å². The highest BCUT2D eigenvalue weighted by molar-refractivity contribution is 5.77. The summed E-state index contributed by atoms with van der Waals surface area (Å²) in [7, 11) is 0. The number of esters is 1. The maximum atomic E-state index is 13.2. The van der Waals surface area contributed by atoms with Crippen LogP contribution >= 0.6 is 0 Å². The summed E-state index contributed by atoms with van der Waals surface area (Å²) >= 11 is 0. The fraction of sp³-hybridized carbons (Fsp3) is 0.815. The monoisotopic (exact) mass is 842 g/mol. The highest BCUT2D eigenvalue weighted by Gasteiger charge is 2.24. The van der Waals surface area contributed by atoms with Gasteiger partial charge in [0.1, 0.15) is 6.10 Å². The summed E-state index contributed by atoms with van der Waals surface area (Å²) in [6, 6.07) is -0.710. The zero-order valence-corrected chi connectivity index (χ0v) is 39.8. The van der Waals surface area contributed by atoms with Crippen molar-refractivity contribution in [1.82, 2.24) is 5.32 Å². The van der Waals surface area contributed by atoms with E-state index in [1.165, 1.54) is 109 Å². The van der Waals surface area contributed by atoms with Crippen molar-refractivity contribution in [2.24, 2.45) is 0 Å². The quantitative estimate of drug-likeness (QED) is 0.0322. The minimum atomic E-state index is -0.794. The third kappa shape index (κ3) is 42.5. The molecule has 0 aliphatic heterocycles. The lowest BCUT2D eigenvalue weighted by Crippen LogP contribution is -2.46. The molecule has 0 aliphatic rings. The Kier molecular flexibility index (Phi) is 46.1. The lowest BCUT2D eigenvalue weighted by Gasteiger charge is -2.24. The molecule has 0 aromatic heterocycles. The molecule has 3 unspecified atom stereocenters. The molecule has 0 saturated heterocycles. The molecule has 1 amide bonds. The minimum Gasteiger partial charge on any atom is -0.462 e. The summed E-state index contributed by atoms with van der Waals surface area (Å²) in [6.45, 7) is 6.36. The second kappa shape index (κ2) is 47.9. The summed E-state index contributed by atoms with van der Waals surface area (Å²) in [4.78, 5) is 26.1. The van der Waals surface area contributed by atoms with Gasteiger partial charge in [-0.1, -0.05) is 211 Å². The number of hydrogen-bond acceptors (Lipinski definition) is 5. The van der Waals surface area contributed by atoms with Gasteiger partial charge in [-0.15, -0.1) is 0 Å². The number of aliphatic hydroxyl groups is 2. The van der Waals surface area contributed by atoms with Gasteiger partial charge in [0.25, 0.3) is 0 Å². The van der Waals surface area contributed by atoms with Crippen LogP contribution in [0.25, 0.3) is 0 Å². The summed E-state index contributed by atoms with van der Waals surface area (Å²) in [6.07, 6.45) is 57.4. The average Bonchev–Trinajstić information content (AvgIpc) is 3.24. The fourth-order valence-electron chi connectivity index (χ4n) is 7.73. The van der Waals surface area contributed by atoms with E-state index >= 15 is 0 Å². The van der Waals surface area contributed by atoms with Crippen LogP contribution in [0.15, 0.2) is 48.6 Å². The molecule has 3 N–H and O–H groups in total. The Labute approximate surface area is 372 Å². The number of unbranched alkanes of at least 4 members (excludes halogenated alkanes) is 26. The number of nitrogens with one attached hydrogen (secondary N) is 1. The second-order valence-corrected chi connectivity index (χ2v) is 17.5. The SMILES string of the molecule is CC/C=C/C/C=C/C/C=C/CCCCCCC(=O)OC(CCCCC/C=C/CCCCCCCCCCC)CC(=O)NC(CO)C(O)CCCCCCCCCCCCC. The largest absolute Gasteiger partial charge is 0.462 e. The van der Waals surface area contributed by atoms with Gasteiger partial charge < -0.3 is 20.3 Å². The zero-order valence-electron chi connectivity index (χ0n) is 39.8. The molecule has 0 aromatic carbocycles. The molecular weight excluding hydrogens is 743 g/mol. The molecule has 60 heavy (non-hydrogen) atoms. The fourth-order valence-corrected chi connectivity index (χ4v) is 7.73. The van der Waals surface area contributed by atoms with Crippen LogP contribution in [0.1, 0.15) is 258 Å². The Hall–Kier alpha value is -2.18. The first-order chi connectivity index (χ1) is 29.5. The van der Waals surface area contributed by atoms with E-state index in [9.17, 15) is 19.8 Å². The van der Waals surface area contributed by atoms with Crippen molar-refractivity contribution in [2.45, 2.75) is 277 Å². The molecule has 0 rings (SSSR count). The van der Waals surface area contributed by atoms with E-state index in [-0.39, 0.29) is 24.9 Å². The van der Waals surface area contributed by atoms with Gasteiger partial charge in [0.05, 0.1) is 25.2 Å². The molecule has 3 atom stereocenters. The number of amides is 1. The van der Waals surface area contributed by atoms with Gasteiger partial charge in [-0.3, -0.25) is 9.59 Å². The van der Waals surface area contributed by atoms with E-state index in [1.54, 1.807) is 0 Å².